The third-order valence-electron chi connectivity index (χ3n) is 3.13. The van der Waals surface area contributed by atoms with E-state index in [1.165, 1.54) is 30.0 Å². The molecule has 0 radical (unpaired) electrons. The standard InChI is InChI=1S/C17H17FN2O2/c1-13(21)20(16-9-5-8-15(18)10-16)12-17(22)19-11-14-6-3-2-4-7-14/h2-10H,11-12H2,1H3,(H,19,22). The van der Waals surface area contributed by atoms with Crippen molar-refractivity contribution < 1.29 is 14.0 Å². The summed E-state index contributed by atoms with van der Waals surface area (Å²) in [5, 5.41) is 2.74. The Morgan fingerprint density at radius 3 is 2.45 bits per heavy atom. The Hall–Kier alpha value is -2.69. The van der Waals surface area contributed by atoms with Gasteiger partial charge in [-0.05, 0) is 23.8 Å². The molecule has 114 valence electrons. The average molecular weight is 300 g/mol. The molecular formula is C17H17FN2O2. The van der Waals surface area contributed by atoms with Crippen LogP contribution in [0, 0.1) is 5.82 Å². The Balaban J connectivity index is 1.99. The van der Waals surface area contributed by atoms with Crippen LogP contribution in [0.15, 0.2) is 54.6 Å². The molecule has 22 heavy (non-hydrogen) atoms. The molecule has 0 saturated carbocycles. The third-order valence-corrected chi connectivity index (χ3v) is 3.13. The van der Waals surface area contributed by atoms with Crippen molar-refractivity contribution in [1.29, 1.82) is 0 Å². The minimum absolute atomic E-state index is 0.147. The van der Waals surface area contributed by atoms with E-state index in [1.54, 1.807) is 6.07 Å². The van der Waals surface area contributed by atoms with Crippen molar-refractivity contribution in [2.75, 3.05) is 11.4 Å². The van der Waals surface area contributed by atoms with Gasteiger partial charge in [0.1, 0.15) is 12.4 Å². The number of hydrogen-bond acceptors (Lipinski definition) is 2. The highest BCUT2D eigenvalue weighted by molar-refractivity contribution is 5.97. The minimum Gasteiger partial charge on any atom is -0.350 e. The Morgan fingerprint density at radius 2 is 1.82 bits per heavy atom. The highest BCUT2D eigenvalue weighted by Gasteiger charge is 2.16. The van der Waals surface area contributed by atoms with Crippen LogP contribution in [0.1, 0.15) is 12.5 Å². The van der Waals surface area contributed by atoms with Crippen LogP contribution in [-0.2, 0) is 16.1 Å². The second-order valence-corrected chi connectivity index (χ2v) is 4.85. The zero-order valence-electron chi connectivity index (χ0n) is 12.3. The molecule has 0 heterocycles. The van der Waals surface area contributed by atoms with Gasteiger partial charge in [-0.25, -0.2) is 4.39 Å². The highest BCUT2D eigenvalue weighted by atomic mass is 19.1. The minimum atomic E-state index is -0.451. The van der Waals surface area contributed by atoms with E-state index < -0.39 is 5.82 Å². The Morgan fingerprint density at radius 1 is 1.09 bits per heavy atom. The maximum atomic E-state index is 13.3. The number of nitrogens with zero attached hydrogens (tertiary/aromatic N) is 1. The number of carbonyl (C=O) groups is 2. The van der Waals surface area contributed by atoms with E-state index in [4.69, 9.17) is 0 Å². The summed E-state index contributed by atoms with van der Waals surface area (Å²) >= 11 is 0. The molecule has 4 nitrogen and oxygen atoms in total. The molecule has 0 fully saturated rings. The molecule has 0 bridgehead atoms. The number of amides is 2. The summed E-state index contributed by atoms with van der Waals surface area (Å²) in [6.07, 6.45) is 0. The quantitative estimate of drug-likeness (QED) is 0.922. The maximum Gasteiger partial charge on any atom is 0.240 e. The highest BCUT2D eigenvalue weighted by Crippen LogP contribution is 2.15. The number of halogens is 1. The van der Waals surface area contributed by atoms with Crippen molar-refractivity contribution in [2.45, 2.75) is 13.5 Å². The van der Waals surface area contributed by atoms with Crippen LogP contribution in [-0.4, -0.2) is 18.4 Å². The summed E-state index contributed by atoms with van der Waals surface area (Å²) in [5.74, 6) is -1.07. The second-order valence-electron chi connectivity index (χ2n) is 4.85. The molecule has 2 aromatic carbocycles. The predicted octanol–water partition coefficient (Wildman–Crippen LogP) is 2.50. The van der Waals surface area contributed by atoms with Crippen molar-refractivity contribution in [1.82, 2.24) is 5.32 Å². The number of nitrogens with one attached hydrogen (secondary N) is 1. The first-order valence-electron chi connectivity index (χ1n) is 6.90. The summed E-state index contributed by atoms with van der Waals surface area (Å²) in [6, 6.07) is 15.1. The van der Waals surface area contributed by atoms with Gasteiger partial charge in [-0.3, -0.25) is 9.59 Å². The predicted molar refractivity (Wildman–Crippen MR) is 82.7 cm³/mol. The fourth-order valence-corrected chi connectivity index (χ4v) is 2.02. The molecule has 2 amide bonds. The van der Waals surface area contributed by atoms with Gasteiger partial charge < -0.3 is 10.2 Å². The molecule has 1 N–H and O–H groups in total. The van der Waals surface area contributed by atoms with Crippen LogP contribution in [0.5, 0.6) is 0 Å². The van der Waals surface area contributed by atoms with Gasteiger partial charge in [-0.2, -0.15) is 0 Å². The van der Waals surface area contributed by atoms with E-state index in [1.807, 2.05) is 30.3 Å². The molecule has 5 heteroatoms. The van der Waals surface area contributed by atoms with Gasteiger partial charge in [0, 0.05) is 19.2 Å². The van der Waals surface area contributed by atoms with Crippen molar-refractivity contribution in [3.05, 3.63) is 66.0 Å². The Bertz CT molecular complexity index is 659. The van der Waals surface area contributed by atoms with Gasteiger partial charge in [0.25, 0.3) is 0 Å². The molecule has 2 aromatic rings. The van der Waals surface area contributed by atoms with E-state index >= 15 is 0 Å². The van der Waals surface area contributed by atoms with Gasteiger partial charge in [0.05, 0.1) is 0 Å². The van der Waals surface area contributed by atoms with Crippen LogP contribution >= 0.6 is 0 Å². The number of hydrogen-bond donors (Lipinski definition) is 1. The topological polar surface area (TPSA) is 49.4 Å². The maximum absolute atomic E-state index is 13.3. The van der Waals surface area contributed by atoms with Gasteiger partial charge in [0.15, 0.2) is 0 Å². The normalized spacial score (nSPS) is 10.1. The van der Waals surface area contributed by atoms with E-state index in [-0.39, 0.29) is 18.4 Å². The molecule has 0 atom stereocenters. The Labute approximate surface area is 128 Å². The summed E-state index contributed by atoms with van der Waals surface area (Å²) in [6.45, 7) is 1.58. The first-order valence-corrected chi connectivity index (χ1v) is 6.90. The average Bonchev–Trinajstić information content (AvgIpc) is 2.51. The van der Waals surface area contributed by atoms with Gasteiger partial charge in [-0.15, -0.1) is 0 Å². The molecule has 2 rings (SSSR count). The molecule has 0 aliphatic heterocycles. The second kappa shape index (κ2) is 7.36. The van der Waals surface area contributed by atoms with Crippen LogP contribution in [0.3, 0.4) is 0 Å². The molecule has 0 saturated heterocycles. The number of benzene rings is 2. The van der Waals surface area contributed by atoms with E-state index in [2.05, 4.69) is 5.32 Å². The van der Waals surface area contributed by atoms with Crippen molar-refractivity contribution in [2.24, 2.45) is 0 Å². The Kier molecular flexibility index (Phi) is 5.25. The molecule has 0 aliphatic rings. The van der Waals surface area contributed by atoms with Crippen LogP contribution in [0.2, 0.25) is 0 Å². The summed E-state index contributed by atoms with van der Waals surface area (Å²) in [7, 11) is 0. The van der Waals surface area contributed by atoms with E-state index in [0.29, 0.717) is 12.2 Å². The zero-order chi connectivity index (χ0) is 15.9. The van der Waals surface area contributed by atoms with Crippen molar-refractivity contribution >= 4 is 17.5 Å². The van der Waals surface area contributed by atoms with Crippen molar-refractivity contribution in [3.63, 3.8) is 0 Å². The summed E-state index contributed by atoms with van der Waals surface area (Å²) in [4.78, 5) is 24.9. The molecule has 0 spiro atoms. The lowest BCUT2D eigenvalue weighted by Gasteiger charge is -2.20. The number of carbonyl (C=O) groups excluding carboxylic acids is 2. The van der Waals surface area contributed by atoms with E-state index in [9.17, 15) is 14.0 Å². The molecule has 0 aliphatic carbocycles. The fraction of sp³-hybridized carbons (Fsp3) is 0.176. The van der Waals surface area contributed by atoms with Gasteiger partial charge in [-0.1, -0.05) is 36.4 Å². The lowest BCUT2D eigenvalue weighted by molar-refractivity contribution is -0.123. The number of anilines is 1. The first-order chi connectivity index (χ1) is 10.6. The van der Waals surface area contributed by atoms with Crippen LogP contribution in [0.4, 0.5) is 10.1 Å². The van der Waals surface area contributed by atoms with Crippen LogP contribution < -0.4 is 10.2 Å². The largest absolute Gasteiger partial charge is 0.350 e. The summed E-state index contributed by atoms with van der Waals surface area (Å²) in [5.41, 5.74) is 1.33. The SMILES string of the molecule is CC(=O)N(CC(=O)NCc1ccccc1)c1cccc(F)c1. The lowest BCUT2D eigenvalue weighted by Crippen LogP contribution is -2.39. The number of rotatable bonds is 5. The van der Waals surface area contributed by atoms with Gasteiger partial charge >= 0.3 is 0 Å². The molecule has 0 unspecified atom stereocenters. The molecule has 0 aromatic heterocycles. The third kappa shape index (κ3) is 4.41. The lowest BCUT2D eigenvalue weighted by atomic mass is 10.2. The van der Waals surface area contributed by atoms with Crippen molar-refractivity contribution in [3.8, 4) is 0 Å². The first kappa shape index (κ1) is 15.7. The smallest absolute Gasteiger partial charge is 0.240 e. The van der Waals surface area contributed by atoms with E-state index in [0.717, 1.165) is 5.56 Å². The van der Waals surface area contributed by atoms with Gasteiger partial charge in [0.2, 0.25) is 11.8 Å². The monoisotopic (exact) mass is 300 g/mol. The molecular weight excluding hydrogens is 283 g/mol. The zero-order valence-corrected chi connectivity index (χ0v) is 12.3. The fourth-order valence-electron chi connectivity index (χ4n) is 2.02. The van der Waals surface area contributed by atoms with Crippen LogP contribution in [0.25, 0.3) is 0 Å². The summed E-state index contributed by atoms with van der Waals surface area (Å²) < 4.78 is 13.3.